The van der Waals surface area contributed by atoms with Gasteiger partial charge in [-0.05, 0) is 0 Å². The van der Waals surface area contributed by atoms with Crippen molar-refractivity contribution in [1.82, 2.24) is 4.90 Å². The highest BCUT2D eigenvalue weighted by Crippen LogP contribution is 2.13. The minimum absolute atomic E-state index is 0.261. The number of carbonyl (C=O) groups is 2. The van der Waals surface area contributed by atoms with Crippen LogP contribution in [0.3, 0.4) is 0 Å². The molecule has 0 aromatic rings. The molecule has 1 aliphatic rings. The van der Waals surface area contributed by atoms with Crippen LogP contribution in [-0.4, -0.2) is 66.3 Å². The second-order valence-electron chi connectivity index (χ2n) is 4.03. The van der Waals surface area contributed by atoms with Crippen LogP contribution in [-0.2, 0) is 9.59 Å². The molecule has 86 valence electrons. The summed E-state index contributed by atoms with van der Waals surface area (Å²) >= 11 is 0. The molecule has 0 aromatic heterocycles. The largest absolute Gasteiger partial charge is 0.380 e. The Hall–Kier alpha value is -0.980. The van der Waals surface area contributed by atoms with E-state index >= 15 is 0 Å². The summed E-state index contributed by atoms with van der Waals surface area (Å²) in [6, 6.07) is 0. The fourth-order valence-electron chi connectivity index (χ4n) is 1.51. The number of nitrogens with zero attached hydrogens (tertiary/aromatic N) is 1. The minimum atomic E-state index is -1.58. The van der Waals surface area contributed by atoms with Gasteiger partial charge in [0.2, 0.25) is 0 Å². The van der Waals surface area contributed by atoms with Crippen molar-refractivity contribution in [2.24, 2.45) is 0 Å². The van der Waals surface area contributed by atoms with Crippen LogP contribution in [0.15, 0.2) is 0 Å². The van der Waals surface area contributed by atoms with Crippen molar-refractivity contribution < 1.29 is 24.7 Å². The van der Waals surface area contributed by atoms with Gasteiger partial charge in [-0.2, -0.15) is 0 Å². The smallest absolute Gasteiger partial charge is 0.261 e. The molecule has 6 nitrogen and oxygen atoms in total. The van der Waals surface area contributed by atoms with Crippen LogP contribution in [0.4, 0.5) is 0 Å². The van der Waals surface area contributed by atoms with E-state index in [0.717, 1.165) is 11.4 Å². The summed E-state index contributed by atoms with van der Waals surface area (Å²) in [6.07, 6.45) is -2.49. The maximum atomic E-state index is 11.3. The molecule has 1 fully saturated rings. The minimum Gasteiger partial charge on any atom is -0.380 e. The summed E-state index contributed by atoms with van der Waals surface area (Å²) in [4.78, 5) is 24.7. The predicted molar refractivity (Wildman–Crippen MR) is 51.0 cm³/mol. The van der Waals surface area contributed by atoms with Crippen LogP contribution in [0.5, 0.6) is 0 Å². The molecule has 15 heavy (non-hydrogen) atoms. The molecule has 0 aliphatic carbocycles. The Kier molecular flexibility index (Phi) is 3.78. The Bertz CT molecular complexity index is 247. The summed E-state index contributed by atoms with van der Waals surface area (Å²) in [5, 5.41) is 18.3. The number of amides is 2. The molecule has 0 spiro atoms. The first-order valence-electron chi connectivity index (χ1n) is 4.95. The van der Waals surface area contributed by atoms with Gasteiger partial charge in [-0.25, -0.2) is 0 Å². The third-order valence-corrected chi connectivity index (χ3v) is 2.40. The Balaban J connectivity index is 2.48. The van der Waals surface area contributed by atoms with Gasteiger partial charge < -0.3 is 15.1 Å². The molecule has 0 unspecified atom stereocenters. The number of hydrogen-bond donors (Lipinski definition) is 3. The van der Waals surface area contributed by atoms with Crippen molar-refractivity contribution in [2.75, 3.05) is 27.2 Å². The lowest BCUT2D eigenvalue weighted by atomic mass is 10.2. The lowest BCUT2D eigenvalue weighted by Gasteiger charge is -2.14. The quantitative estimate of drug-likeness (QED) is 0.429. The summed E-state index contributed by atoms with van der Waals surface area (Å²) in [5.41, 5.74) is 0. The van der Waals surface area contributed by atoms with Crippen molar-refractivity contribution >= 4 is 11.8 Å². The Labute approximate surface area is 88.1 Å². The third kappa shape index (κ3) is 2.53. The molecule has 2 atom stereocenters. The standard InChI is InChI=1S/C9H16N2O4/c1-10(2)4-3-5-11-8(14)6(12)7(13)9(11)15/h6-7,12-13H,3-5H2,1-2H3/p+1/t6-,7-/m1/s1. The van der Waals surface area contributed by atoms with Crippen LogP contribution in [0, 0.1) is 0 Å². The van der Waals surface area contributed by atoms with E-state index in [9.17, 15) is 9.59 Å². The number of imide groups is 1. The topological polar surface area (TPSA) is 82.3 Å². The van der Waals surface area contributed by atoms with E-state index < -0.39 is 24.0 Å². The van der Waals surface area contributed by atoms with Gasteiger partial charge in [0, 0.05) is 13.0 Å². The van der Waals surface area contributed by atoms with Gasteiger partial charge in [0.25, 0.3) is 11.8 Å². The van der Waals surface area contributed by atoms with Crippen LogP contribution in [0.25, 0.3) is 0 Å². The van der Waals surface area contributed by atoms with E-state index in [1.165, 1.54) is 4.90 Å². The van der Waals surface area contributed by atoms with Crippen molar-refractivity contribution in [3.8, 4) is 0 Å². The van der Waals surface area contributed by atoms with Gasteiger partial charge in [-0.1, -0.05) is 0 Å². The molecular weight excluding hydrogens is 200 g/mol. The number of nitrogens with one attached hydrogen (secondary N) is 1. The average Bonchev–Trinajstić information content (AvgIpc) is 2.34. The second kappa shape index (κ2) is 4.69. The fraction of sp³-hybridized carbons (Fsp3) is 0.778. The highest BCUT2D eigenvalue weighted by atomic mass is 16.4. The molecule has 1 rings (SSSR count). The third-order valence-electron chi connectivity index (χ3n) is 2.40. The highest BCUT2D eigenvalue weighted by molar-refractivity contribution is 6.07. The summed E-state index contributed by atoms with van der Waals surface area (Å²) in [6.45, 7) is 1.08. The Morgan fingerprint density at radius 2 is 1.67 bits per heavy atom. The molecule has 1 aliphatic heterocycles. The first kappa shape index (κ1) is 12.1. The molecule has 0 bridgehead atoms. The number of quaternary nitrogens is 1. The Morgan fingerprint density at radius 3 is 2.07 bits per heavy atom. The van der Waals surface area contributed by atoms with Gasteiger partial charge >= 0.3 is 0 Å². The van der Waals surface area contributed by atoms with E-state index in [4.69, 9.17) is 10.2 Å². The summed E-state index contributed by atoms with van der Waals surface area (Å²) < 4.78 is 0. The van der Waals surface area contributed by atoms with Crippen LogP contribution in [0.1, 0.15) is 6.42 Å². The number of rotatable bonds is 4. The van der Waals surface area contributed by atoms with E-state index in [1.807, 2.05) is 14.1 Å². The maximum Gasteiger partial charge on any atom is 0.261 e. The van der Waals surface area contributed by atoms with Crippen LogP contribution >= 0.6 is 0 Å². The fourth-order valence-corrected chi connectivity index (χ4v) is 1.51. The van der Waals surface area contributed by atoms with Gasteiger partial charge in [0.1, 0.15) is 0 Å². The lowest BCUT2D eigenvalue weighted by Crippen LogP contribution is -3.05. The number of aliphatic hydroxyl groups excluding tert-OH is 2. The maximum absolute atomic E-state index is 11.3. The molecule has 2 amide bonds. The molecular formula is C9H17N2O4+. The number of aliphatic hydroxyl groups is 2. The molecule has 1 heterocycles. The average molecular weight is 217 g/mol. The molecule has 3 N–H and O–H groups in total. The van der Waals surface area contributed by atoms with Gasteiger partial charge in [0.15, 0.2) is 12.2 Å². The molecule has 0 radical (unpaired) electrons. The second-order valence-corrected chi connectivity index (χ2v) is 4.03. The van der Waals surface area contributed by atoms with Crippen molar-refractivity contribution in [3.63, 3.8) is 0 Å². The Morgan fingerprint density at radius 1 is 1.20 bits per heavy atom. The lowest BCUT2D eigenvalue weighted by molar-refractivity contribution is -0.858. The van der Waals surface area contributed by atoms with Gasteiger partial charge in [-0.3, -0.25) is 14.5 Å². The van der Waals surface area contributed by atoms with Gasteiger partial charge in [0.05, 0.1) is 20.6 Å². The van der Waals surface area contributed by atoms with Crippen LogP contribution < -0.4 is 4.90 Å². The normalized spacial score (nSPS) is 26.9. The first-order chi connectivity index (χ1) is 6.95. The summed E-state index contributed by atoms with van der Waals surface area (Å²) in [5.74, 6) is -1.39. The van der Waals surface area contributed by atoms with E-state index in [1.54, 1.807) is 0 Å². The number of carbonyl (C=O) groups excluding carboxylic acids is 2. The molecule has 0 aromatic carbocycles. The van der Waals surface area contributed by atoms with Crippen LogP contribution in [0.2, 0.25) is 0 Å². The van der Waals surface area contributed by atoms with E-state index in [0.29, 0.717) is 6.42 Å². The summed E-state index contributed by atoms with van der Waals surface area (Å²) in [7, 11) is 3.94. The van der Waals surface area contributed by atoms with Crippen molar-refractivity contribution in [2.45, 2.75) is 18.6 Å². The SMILES string of the molecule is C[NH+](C)CCCN1C(=O)[C@H](O)[C@@H](O)C1=O. The van der Waals surface area contributed by atoms with Crippen molar-refractivity contribution in [3.05, 3.63) is 0 Å². The van der Waals surface area contributed by atoms with Crippen molar-refractivity contribution in [1.29, 1.82) is 0 Å². The first-order valence-corrected chi connectivity index (χ1v) is 4.95. The predicted octanol–water partition coefficient (Wildman–Crippen LogP) is -3.39. The number of hydrogen-bond acceptors (Lipinski definition) is 4. The molecule has 0 saturated carbocycles. The number of likely N-dealkylation sites (tertiary alicyclic amines) is 1. The monoisotopic (exact) mass is 217 g/mol. The molecule has 6 heteroatoms. The zero-order valence-corrected chi connectivity index (χ0v) is 8.93. The van der Waals surface area contributed by atoms with E-state index in [2.05, 4.69) is 0 Å². The molecule has 1 saturated heterocycles. The highest BCUT2D eigenvalue weighted by Gasteiger charge is 2.45. The zero-order chi connectivity index (χ0) is 11.6. The van der Waals surface area contributed by atoms with Gasteiger partial charge in [-0.15, -0.1) is 0 Å². The van der Waals surface area contributed by atoms with E-state index in [-0.39, 0.29) is 6.54 Å². The zero-order valence-electron chi connectivity index (χ0n) is 8.93.